The molecule has 1 aromatic heterocycles. The topological polar surface area (TPSA) is 46.6 Å². The van der Waals surface area contributed by atoms with Crippen LogP contribution in [0.15, 0.2) is 15.7 Å². The number of hydrogen-bond donors (Lipinski definition) is 0. The SMILES string of the molecule is CO[C@@H]1CCC[C@]12CCCN(S(=O)(=O)c1cc(C)cs1)C2. The minimum absolute atomic E-state index is 0.0341. The van der Waals surface area contributed by atoms with Crippen molar-refractivity contribution < 1.29 is 13.2 Å². The van der Waals surface area contributed by atoms with Crippen molar-refractivity contribution in [3.63, 3.8) is 0 Å². The van der Waals surface area contributed by atoms with Crippen LogP contribution in [0.5, 0.6) is 0 Å². The van der Waals surface area contributed by atoms with Gasteiger partial charge in [0.15, 0.2) is 0 Å². The van der Waals surface area contributed by atoms with Crippen molar-refractivity contribution in [1.29, 1.82) is 0 Å². The van der Waals surface area contributed by atoms with E-state index in [4.69, 9.17) is 4.74 Å². The van der Waals surface area contributed by atoms with Crippen molar-refractivity contribution in [1.82, 2.24) is 4.31 Å². The maximum Gasteiger partial charge on any atom is 0.252 e. The molecule has 6 heteroatoms. The fourth-order valence-corrected chi connectivity index (χ4v) is 6.89. The highest BCUT2D eigenvalue weighted by Crippen LogP contribution is 2.47. The summed E-state index contributed by atoms with van der Waals surface area (Å²) in [6.45, 7) is 3.19. The Morgan fingerprint density at radius 1 is 1.38 bits per heavy atom. The van der Waals surface area contributed by atoms with Gasteiger partial charge in [0.1, 0.15) is 4.21 Å². The number of ether oxygens (including phenoxy) is 1. The van der Waals surface area contributed by atoms with E-state index in [9.17, 15) is 8.42 Å². The fourth-order valence-electron chi connectivity index (χ4n) is 3.93. The van der Waals surface area contributed by atoms with E-state index in [0.717, 1.165) is 37.7 Å². The molecule has 0 amide bonds. The lowest BCUT2D eigenvalue weighted by Crippen LogP contribution is -2.49. The normalized spacial score (nSPS) is 31.0. The third-order valence-corrected chi connectivity index (χ3v) is 8.36. The fraction of sp³-hybridized carbons (Fsp3) is 0.733. The molecular weight excluding hydrogens is 306 g/mol. The Morgan fingerprint density at radius 2 is 2.14 bits per heavy atom. The van der Waals surface area contributed by atoms with Crippen molar-refractivity contribution in [2.45, 2.75) is 49.3 Å². The first-order valence-corrected chi connectivity index (χ1v) is 9.88. The van der Waals surface area contributed by atoms with Crippen LogP contribution >= 0.6 is 11.3 Å². The Kier molecular flexibility index (Phi) is 4.16. The zero-order valence-corrected chi connectivity index (χ0v) is 14.3. The third-order valence-electron chi connectivity index (χ3n) is 4.98. The summed E-state index contributed by atoms with van der Waals surface area (Å²) in [5.74, 6) is 0. The van der Waals surface area contributed by atoms with Gasteiger partial charge in [0, 0.05) is 25.6 Å². The number of nitrogens with zero attached hydrogens (tertiary/aromatic N) is 1. The third kappa shape index (κ3) is 2.67. The molecule has 2 fully saturated rings. The van der Waals surface area contributed by atoms with Crippen LogP contribution in [-0.4, -0.2) is 39.0 Å². The molecule has 1 spiro atoms. The highest BCUT2D eigenvalue weighted by Gasteiger charge is 2.48. The smallest absolute Gasteiger partial charge is 0.252 e. The van der Waals surface area contributed by atoms with Gasteiger partial charge in [-0.1, -0.05) is 6.42 Å². The molecule has 4 nitrogen and oxygen atoms in total. The Labute approximate surface area is 131 Å². The van der Waals surface area contributed by atoms with Crippen LogP contribution < -0.4 is 0 Å². The predicted molar refractivity (Wildman–Crippen MR) is 84.1 cm³/mol. The molecule has 0 radical (unpaired) electrons. The molecule has 1 saturated heterocycles. The van der Waals surface area contributed by atoms with Gasteiger partial charge in [0.25, 0.3) is 10.0 Å². The van der Waals surface area contributed by atoms with Gasteiger partial charge < -0.3 is 4.74 Å². The maximum atomic E-state index is 12.8. The van der Waals surface area contributed by atoms with E-state index in [1.165, 1.54) is 11.3 Å². The van der Waals surface area contributed by atoms with E-state index in [-0.39, 0.29) is 11.5 Å². The number of thiophene rings is 1. The van der Waals surface area contributed by atoms with Crippen LogP contribution in [0.4, 0.5) is 0 Å². The van der Waals surface area contributed by atoms with Gasteiger partial charge in [-0.15, -0.1) is 11.3 Å². The number of rotatable bonds is 3. The van der Waals surface area contributed by atoms with Gasteiger partial charge in [-0.2, -0.15) is 4.31 Å². The minimum Gasteiger partial charge on any atom is -0.381 e. The van der Waals surface area contributed by atoms with E-state index in [1.807, 2.05) is 12.3 Å². The average Bonchev–Trinajstić information content (AvgIpc) is 3.06. The molecule has 2 atom stereocenters. The van der Waals surface area contributed by atoms with Crippen LogP contribution in [0.25, 0.3) is 0 Å². The summed E-state index contributed by atoms with van der Waals surface area (Å²) in [4.78, 5) is 0. The van der Waals surface area contributed by atoms with Crippen molar-refractivity contribution in [3.8, 4) is 0 Å². The molecule has 0 bridgehead atoms. The van der Waals surface area contributed by atoms with Gasteiger partial charge in [-0.05, 0) is 49.6 Å². The Morgan fingerprint density at radius 3 is 2.81 bits per heavy atom. The number of piperidine rings is 1. The van der Waals surface area contributed by atoms with Crippen LogP contribution in [0.3, 0.4) is 0 Å². The van der Waals surface area contributed by atoms with E-state index < -0.39 is 10.0 Å². The second kappa shape index (κ2) is 5.65. The highest BCUT2D eigenvalue weighted by atomic mass is 32.2. The van der Waals surface area contributed by atoms with E-state index in [0.29, 0.717) is 17.3 Å². The van der Waals surface area contributed by atoms with Gasteiger partial charge in [0.05, 0.1) is 6.10 Å². The summed E-state index contributed by atoms with van der Waals surface area (Å²) < 4.78 is 33.5. The summed E-state index contributed by atoms with van der Waals surface area (Å²) in [6.07, 6.45) is 5.51. The molecule has 0 unspecified atom stereocenters. The van der Waals surface area contributed by atoms with Gasteiger partial charge in [-0.25, -0.2) is 8.42 Å². The molecule has 2 heterocycles. The molecule has 1 saturated carbocycles. The lowest BCUT2D eigenvalue weighted by atomic mass is 9.77. The lowest BCUT2D eigenvalue weighted by Gasteiger charge is -2.42. The molecule has 1 aromatic rings. The average molecular weight is 329 g/mol. The largest absolute Gasteiger partial charge is 0.381 e. The summed E-state index contributed by atoms with van der Waals surface area (Å²) in [5.41, 5.74) is 1.05. The predicted octanol–water partition coefficient (Wildman–Crippen LogP) is 3.03. The quantitative estimate of drug-likeness (QED) is 0.856. The highest BCUT2D eigenvalue weighted by molar-refractivity contribution is 7.91. The first-order chi connectivity index (χ1) is 9.98. The van der Waals surface area contributed by atoms with Gasteiger partial charge >= 0.3 is 0 Å². The van der Waals surface area contributed by atoms with Crippen molar-refractivity contribution >= 4 is 21.4 Å². The molecule has 21 heavy (non-hydrogen) atoms. The Hall–Kier alpha value is -0.430. The molecule has 0 N–H and O–H groups in total. The van der Waals surface area contributed by atoms with Crippen molar-refractivity contribution in [3.05, 3.63) is 17.0 Å². The molecule has 2 aliphatic rings. The van der Waals surface area contributed by atoms with Crippen LogP contribution in [0.2, 0.25) is 0 Å². The minimum atomic E-state index is -3.34. The van der Waals surface area contributed by atoms with Crippen molar-refractivity contribution in [2.24, 2.45) is 5.41 Å². The second-order valence-corrected chi connectivity index (χ2v) is 9.44. The molecular formula is C15H23NO3S2. The zero-order valence-electron chi connectivity index (χ0n) is 12.7. The number of hydrogen-bond acceptors (Lipinski definition) is 4. The summed E-state index contributed by atoms with van der Waals surface area (Å²) in [7, 11) is -1.58. The summed E-state index contributed by atoms with van der Waals surface area (Å²) >= 11 is 1.33. The van der Waals surface area contributed by atoms with Gasteiger partial charge in [0.2, 0.25) is 0 Å². The van der Waals surface area contributed by atoms with E-state index in [2.05, 4.69) is 0 Å². The summed E-state index contributed by atoms with van der Waals surface area (Å²) in [6, 6.07) is 1.78. The Balaban J connectivity index is 1.86. The standard InChI is InChI=1S/C15H23NO3S2/c1-12-9-14(20-10-12)21(17,18)16-8-4-7-15(11-16)6-3-5-13(15)19-2/h9-10,13H,3-8,11H2,1-2H3/t13-,15-/m1/s1. The maximum absolute atomic E-state index is 12.8. The number of aryl methyl sites for hydroxylation is 1. The van der Waals surface area contributed by atoms with E-state index >= 15 is 0 Å². The van der Waals surface area contributed by atoms with Crippen LogP contribution in [0.1, 0.15) is 37.7 Å². The van der Waals surface area contributed by atoms with Gasteiger partial charge in [-0.3, -0.25) is 0 Å². The second-order valence-electron chi connectivity index (χ2n) is 6.36. The molecule has 1 aliphatic heterocycles. The molecule has 3 rings (SSSR count). The number of sulfonamides is 1. The van der Waals surface area contributed by atoms with Crippen LogP contribution in [0, 0.1) is 12.3 Å². The van der Waals surface area contributed by atoms with Crippen molar-refractivity contribution in [2.75, 3.05) is 20.2 Å². The lowest BCUT2D eigenvalue weighted by molar-refractivity contribution is -0.0184. The zero-order chi connectivity index (χ0) is 15.1. The first-order valence-electron chi connectivity index (χ1n) is 7.56. The molecule has 118 valence electrons. The van der Waals surface area contributed by atoms with Crippen LogP contribution in [-0.2, 0) is 14.8 Å². The Bertz CT molecular complexity index is 610. The molecule has 1 aliphatic carbocycles. The summed E-state index contributed by atoms with van der Waals surface area (Å²) in [5, 5.41) is 1.90. The molecule has 0 aromatic carbocycles. The number of methoxy groups -OCH3 is 1. The van der Waals surface area contributed by atoms with E-state index in [1.54, 1.807) is 17.5 Å². The first kappa shape index (κ1) is 15.5. The monoisotopic (exact) mass is 329 g/mol.